The second-order valence-corrected chi connectivity index (χ2v) is 6.43. The average molecular weight is 293 g/mol. The van der Waals surface area contributed by atoms with Crippen molar-refractivity contribution in [2.45, 2.75) is 18.2 Å². The molecular formula is C10H15NO5S2. The predicted molar refractivity (Wildman–Crippen MR) is 67.4 cm³/mol. The van der Waals surface area contributed by atoms with E-state index in [1.165, 1.54) is 5.38 Å². The number of thiophene rings is 1. The van der Waals surface area contributed by atoms with Gasteiger partial charge >= 0.3 is 5.97 Å². The number of carboxylic acid groups (broad SMARTS) is 1. The molecule has 1 aromatic rings. The highest BCUT2D eigenvalue weighted by Crippen LogP contribution is 2.22. The van der Waals surface area contributed by atoms with E-state index in [-0.39, 0.29) is 22.9 Å². The van der Waals surface area contributed by atoms with Gasteiger partial charge in [-0.3, -0.25) is 0 Å². The summed E-state index contributed by atoms with van der Waals surface area (Å²) >= 11 is 0.870. The second-order valence-electron chi connectivity index (χ2n) is 3.58. The number of aliphatic hydroxyl groups is 1. The van der Waals surface area contributed by atoms with E-state index in [9.17, 15) is 13.2 Å². The first-order valence-electron chi connectivity index (χ1n) is 5.36. The van der Waals surface area contributed by atoms with Crippen molar-refractivity contribution >= 4 is 27.3 Å². The molecule has 0 saturated carbocycles. The zero-order valence-corrected chi connectivity index (χ0v) is 11.5. The van der Waals surface area contributed by atoms with E-state index in [1.807, 2.05) is 6.92 Å². The lowest BCUT2D eigenvalue weighted by atomic mass is 10.5. The zero-order chi connectivity index (χ0) is 13.8. The number of aromatic carboxylic acids is 1. The van der Waals surface area contributed by atoms with E-state index < -0.39 is 16.0 Å². The van der Waals surface area contributed by atoms with Gasteiger partial charge in [0.25, 0.3) is 0 Å². The molecule has 0 saturated heterocycles. The van der Waals surface area contributed by atoms with Crippen molar-refractivity contribution in [2.75, 3.05) is 19.7 Å². The topological polar surface area (TPSA) is 94.9 Å². The summed E-state index contributed by atoms with van der Waals surface area (Å²) in [6, 6.07) is 1.14. The maximum absolute atomic E-state index is 12.2. The lowest BCUT2D eigenvalue weighted by Crippen LogP contribution is -2.34. The van der Waals surface area contributed by atoms with Crippen molar-refractivity contribution in [1.82, 2.24) is 4.31 Å². The van der Waals surface area contributed by atoms with Gasteiger partial charge in [0.1, 0.15) is 4.88 Å². The summed E-state index contributed by atoms with van der Waals surface area (Å²) < 4.78 is 25.5. The molecule has 0 spiro atoms. The minimum atomic E-state index is -3.72. The van der Waals surface area contributed by atoms with Crippen LogP contribution in [0.15, 0.2) is 16.3 Å². The fraction of sp³-hybridized carbons (Fsp3) is 0.500. The molecule has 1 aromatic heterocycles. The summed E-state index contributed by atoms with van der Waals surface area (Å²) in [5, 5.41) is 18.9. The number of hydrogen-bond donors (Lipinski definition) is 2. The van der Waals surface area contributed by atoms with Crippen LogP contribution >= 0.6 is 11.3 Å². The molecule has 18 heavy (non-hydrogen) atoms. The van der Waals surface area contributed by atoms with Gasteiger partial charge in [0.15, 0.2) is 0 Å². The van der Waals surface area contributed by atoms with Crippen LogP contribution in [0, 0.1) is 0 Å². The van der Waals surface area contributed by atoms with Crippen LogP contribution < -0.4 is 0 Å². The van der Waals surface area contributed by atoms with Gasteiger partial charge in [0.2, 0.25) is 10.0 Å². The highest BCUT2D eigenvalue weighted by Gasteiger charge is 2.25. The Morgan fingerprint density at radius 1 is 1.44 bits per heavy atom. The van der Waals surface area contributed by atoms with E-state index >= 15 is 0 Å². The Morgan fingerprint density at radius 2 is 2.11 bits per heavy atom. The average Bonchev–Trinajstić information content (AvgIpc) is 2.78. The Balaban J connectivity index is 3.05. The first-order chi connectivity index (χ1) is 8.43. The fourth-order valence-electron chi connectivity index (χ4n) is 1.43. The summed E-state index contributed by atoms with van der Waals surface area (Å²) in [5.74, 6) is -1.15. The number of sulfonamides is 1. The van der Waals surface area contributed by atoms with E-state index in [0.29, 0.717) is 13.0 Å². The first-order valence-corrected chi connectivity index (χ1v) is 7.68. The Hall–Kier alpha value is -0.960. The summed E-state index contributed by atoms with van der Waals surface area (Å²) in [7, 11) is -3.72. The molecule has 0 aliphatic rings. The van der Waals surface area contributed by atoms with Crippen LogP contribution in [0.4, 0.5) is 0 Å². The molecule has 0 aliphatic heterocycles. The van der Waals surface area contributed by atoms with Gasteiger partial charge in [-0.15, -0.1) is 11.3 Å². The van der Waals surface area contributed by atoms with Crippen LogP contribution in [0.1, 0.15) is 23.0 Å². The van der Waals surface area contributed by atoms with E-state index in [1.54, 1.807) is 0 Å². The second kappa shape index (κ2) is 6.28. The molecule has 0 aromatic carbocycles. The third kappa shape index (κ3) is 3.29. The number of hydrogen-bond acceptors (Lipinski definition) is 5. The number of aliphatic hydroxyl groups excluding tert-OH is 1. The normalized spacial score (nSPS) is 11.9. The van der Waals surface area contributed by atoms with Crippen molar-refractivity contribution in [3.05, 3.63) is 16.3 Å². The SMILES string of the molecule is CCCN(CCO)S(=O)(=O)c1csc(C(=O)O)c1. The molecule has 102 valence electrons. The number of nitrogens with zero attached hydrogens (tertiary/aromatic N) is 1. The molecule has 6 nitrogen and oxygen atoms in total. The molecule has 0 fully saturated rings. The van der Waals surface area contributed by atoms with Gasteiger partial charge in [-0.2, -0.15) is 4.31 Å². The number of carbonyl (C=O) groups is 1. The summed E-state index contributed by atoms with van der Waals surface area (Å²) in [6.45, 7) is 1.86. The van der Waals surface area contributed by atoms with Crippen LogP contribution in [0.2, 0.25) is 0 Å². The number of carboxylic acids is 1. The van der Waals surface area contributed by atoms with Crippen LogP contribution in [-0.2, 0) is 10.0 Å². The minimum absolute atomic E-state index is 0.00836. The minimum Gasteiger partial charge on any atom is -0.477 e. The van der Waals surface area contributed by atoms with E-state index in [0.717, 1.165) is 21.7 Å². The van der Waals surface area contributed by atoms with Crippen molar-refractivity contribution in [3.8, 4) is 0 Å². The lowest BCUT2D eigenvalue weighted by molar-refractivity contribution is 0.0702. The standard InChI is InChI=1S/C10H15NO5S2/c1-2-3-11(4-5-12)18(15,16)8-6-9(10(13)14)17-7-8/h6-7,12H,2-5H2,1H3,(H,13,14). The van der Waals surface area contributed by atoms with Gasteiger partial charge in [-0.1, -0.05) is 6.92 Å². The molecule has 0 bridgehead atoms. The molecular weight excluding hydrogens is 278 g/mol. The Morgan fingerprint density at radius 3 is 2.56 bits per heavy atom. The Bertz CT molecular complexity index is 502. The van der Waals surface area contributed by atoms with Crippen molar-refractivity contribution < 1.29 is 23.4 Å². The predicted octanol–water partition coefficient (Wildman–Crippen LogP) is 0.839. The zero-order valence-electron chi connectivity index (χ0n) is 9.87. The monoisotopic (exact) mass is 293 g/mol. The molecule has 0 atom stereocenters. The fourth-order valence-corrected chi connectivity index (χ4v) is 4.05. The van der Waals surface area contributed by atoms with Crippen molar-refractivity contribution in [2.24, 2.45) is 0 Å². The van der Waals surface area contributed by atoms with Crippen LogP contribution in [-0.4, -0.2) is 48.6 Å². The smallest absolute Gasteiger partial charge is 0.345 e. The highest BCUT2D eigenvalue weighted by molar-refractivity contribution is 7.89. The van der Waals surface area contributed by atoms with Gasteiger partial charge in [-0.25, -0.2) is 13.2 Å². The highest BCUT2D eigenvalue weighted by atomic mass is 32.2. The van der Waals surface area contributed by atoms with Gasteiger partial charge in [0.05, 0.1) is 11.5 Å². The van der Waals surface area contributed by atoms with Crippen molar-refractivity contribution in [1.29, 1.82) is 0 Å². The van der Waals surface area contributed by atoms with Crippen LogP contribution in [0.5, 0.6) is 0 Å². The van der Waals surface area contributed by atoms with E-state index in [2.05, 4.69) is 0 Å². The molecule has 0 unspecified atom stereocenters. The van der Waals surface area contributed by atoms with Crippen LogP contribution in [0.3, 0.4) is 0 Å². The van der Waals surface area contributed by atoms with Gasteiger partial charge < -0.3 is 10.2 Å². The Kier molecular flexibility index (Phi) is 5.27. The molecule has 1 rings (SSSR count). The third-order valence-electron chi connectivity index (χ3n) is 2.25. The molecule has 1 heterocycles. The third-order valence-corrected chi connectivity index (χ3v) is 5.19. The molecule has 0 aliphatic carbocycles. The van der Waals surface area contributed by atoms with Crippen molar-refractivity contribution in [3.63, 3.8) is 0 Å². The van der Waals surface area contributed by atoms with Gasteiger partial charge in [-0.05, 0) is 12.5 Å². The summed E-state index contributed by atoms with van der Waals surface area (Å²) in [6.07, 6.45) is 0.620. The maximum atomic E-state index is 12.2. The molecule has 8 heteroatoms. The maximum Gasteiger partial charge on any atom is 0.345 e. The largest absolute Gasteiger partial charge is 0.477 e. The number of rotatable bonds is 7. The lowest BCUT2D eigenvalue weighted by Gasteiger charge is -2.19. The molecule has 0 amide bonds. The van der Waals surface area contributed by atoms with Crippen LogP contribution in [0.25, 0.3) is 0 Å². The summed E-state index contributed by atoms with van der Waals surface area (Å²) in [4.78, 5) is 10.7. The van der Waals surface area contributed by atoms with Gasteiger partial charge in [0, 0.05) is 18.5 Å². The molecule has 2 N–H and O–H groups in total. The Labute approximate surface area is 110 Å². The quantitative estimate of drug-likeness (QED) is 0.776. The summed E-state index contributed by atoms with van der Waals surface area (Å²) in [5.41, 5.74) is 0. The van der Waals surface area contributed by atoms with E-state index in [4.69, 9.17) is 10.2 Å². The first kappa shape index (κ1) is 15.1. The molecule has 0 radical (unpaired) electrons.